The summed E-state index contributed by atoms with van der Waals surface area (Å²) in [5, 5.41) is 1.52. The number of hydrogen-bond donors (Lipinski definition) is 1. The second kappa shape index (κ2) is 7.01. The van der Waals surface area contributed by atoms with Crippen LogP contribution in [0.5, 0.6) is 0 Å². The Balaban J connectivity index is 2.30. The zero-order valence-electron chi connectivity index (χ0n) is 13.5. The van der Waals surface area contributed by atoms with Gasteiger partial charge in [-0.15, -0.1) is 0 Å². The van der Waals surface area contributed by atoms with Crippen LogP contribution in [0.4, 0.5) is 0 Å². The summed E-state index contributed by atoms with van der Waals surface area (Å²) >= 11 is 1.45. The Kier molecular flexibility index (Phi) is 5.29. The molecule has 1 heterocycles. The lowest BCUT2D eigenvalue weighted by Gasteiger charge is -2.09. The van der Waals surface area contributed by atoms with Gasteiger partial charge in [0.15, 0.2) is 5.17 Å². The lowest BCUT2D eigenvalue weighted by atomic mass is 10.0. The van der Waals surface area contributed by atoms with Gasteiger partial charge in [-0.05, 0) is 36.5 Å². The topological polar surface area (TPSA) is 68.6 Å². The highest BCUT2D eigenvalue weighted by molar-refractivity contribution is 8.13. The van der Waals surface area contributed by atoms with Gasteiger partial charge in [0, 0.05) is 23.8 Å². The molecule has 2 rings (SSSR count). The van der Waals surface area contributed by atoms with E-state index in [4.69, 9.17) is 10.2 Å². The van der Waals surface area contributed by atoms with Crippen LogP contribution in [0.2, 0.25) is 0 Å². The minimum absolute atomic E-state index is 0.325. The first kappa shape index (κ1) is 16.6. The summed E-state index contributed by atoms with van der Waals surface area (Å²) in [6, 6.07) is 5.58. The maximum atomic E-state index is 11.8. The second-order valence-corrected chi connectivity index (χ2v) is 6.83. The first-order valence-corrected chi connectivity index (χ1v) is 8.32. The smallest absolute Gasteiger partial charge is 0.336 e. The molecule has 0 atom stereocenters. The van der Waals surface area contributed by atoms with E-state index in [9.17, 15) is 4.79 Å². The summed E-state index contributed by atoms with van der Waals surface area (Å²) in [6.45, 7) is 8.89. The molecule has 0 amide bonds. The summed E-state index contributed by atoms with van der Waals surface area (Å²) in [6.07, 6.45) is 0. The van der Waals surface area contributed by atoms with Gasteiger partial charge in [0.1, 0.15) is 5.58 Å². The molecule has 0 fully saturated rings. The van der Waals surface area contributed by atoms with Crippen LogP contribution in [0.1, 0.15) is 30.5 Å². The van der Waals surface area contributed by atoms with Crippen LogP contribution in [0.15, 0.2) is 32.4 Å². The monoisotopic (exact) mass is 318 g/mol. The first-order valence-electron chi connectivity index (χ1n) is 7.34. The number of nitrogens with two attached hydrogens (primary N) is 1. The predicted molar refractivity (Wildman–Crippen MR) is 94.6 cm³/mol. The Hall–Kier alpha value is -1.75. The number of fused-ring (bicyclic) bond motifs is 1. The van der Waals surface area contributed by atoms with Crippen molar-refractivity contribution in [3.8, 4) is 0 Å². The van der Waals surface area contributed by atoms with E-state index in [1.54, 1.807) is 6.07 Å². The first-order chi connectivity index (χ1) is 10.4. The molecular formula is C17H22N2O2S. The van der Waals surface area contributed by atoms with E-state index in [0.29, 0.717) is 22.4 Å². The molecule has 0 aliphatic heterocycles. The summed E-state index contributed by atoms with van der Waals surface area (Å²) in [4.78, 5) is 16.1. The van der Waals surface area contributed by atoms with E-state index in [0.717, 1.165) is 28.6 Å². The van der Waals surface area contributed by atoms with Crippen LogP contribution < -0.4 is 11.4 Å². The Bertz CT molecular complexity index is 763. The van der Waals surface area contributed by atoms with Crippen molar-refractivity contribution in [2.75, 3.05) is 6.54 Å². The van der Waals surface area contributed by atoms with E-state index >= 15 is 0 Å². The normalized spacial score (nSPS) is 12.3. The fourth-order valence-electron chi connectivity index (χ4n) is 2.11. The van der Waals surface area contributed by atoms with Gasteiger partial charge in [-0.3, -0.25) is 4.99 Å². The fraction of sp³-hybridized carbons (Fsp3) is 0.412. The zero-order valence-corrected chi connectivity index (χ0v) is 14.3. The third kappa shape index (κ3) is 3.91. The molecule has 0 saturated heterocycles. The summed E-state index contributed by atoms with van der Waals surface area (Å²) in [5.74, 6) is 1.09. The molecule has 1 aromatic carbocycles. The Morgan fingerprint density at radius 1 is 1.36 bits per heavy atom. The van der Waals surface area contributed by atoms with Gasteiger partial charge in [0.05, 0.1) is 0 Å². The largest absolute Gasteiger partial charge is 0.422 e. The molecule has 0 spiro atoms. The molecule has 1 aromatic heterocycles. The molecule has 0 saturated carbocycles. The Labute approximate surface area is 134 Å². The van der Waals surface area contributed by atoms with E-state index in [-0.39, 0.29) is 5.63 Å². The van der Waals surface area contributed by atoms with Crippen LogP contribution >= 0.6 is 11.8 Å². The predicted octanol–water partition coefficient (Wildman–Crippen LogP) is 3.61. The molecular weight excluding hydrogens is 296 g/mol. The number of nitrogens with zero attached hydrogens (tertiary/aromatic N) is 1. The molecule has 22 heavy (non-hydrogen) atoms. The minimum atomic E-state index is -0.325. The zero-order chi connectivity index (χ0) is 16.3. The molecule has 0 bridgehead atoms. The standard InChI is InChI=1S/C17H22N2O2S/c1-10(2)8-19-17(18)22-9-13-7-15(20)21-16-12(4)11(3)5-6-14(13)16/h5-7,10H,8-9H2,1-4H3,(H2,18,19). The number of aryl methyl sites for hydroxylation is 2. The number of amidine groups is 1. The molecule has 0 radical (unpaired) electrons. The molecule has 118 valence electrons. The summed E-state index contributed by atoms with van der Waals surface area (Å²) < 4.78 is 5.37. The van der Waals surface area contributed by atoms with Gasteiger partial charge < -0.3 is 10.2 Å². The molecule has 0 aliphatic rings. The number of benzene rings is 1. The highest BCUT2D eigenvalue weighted by atomic mass is 32.2. The van der Waals surface area contributed by atoms with Gasteiger partial charge >= 0.3 is 5.63 Å². The lowest BCUT2D eigenvalue weighted by Crippen LogP contribution is -2.10. The molecule has 0 unspecified atom stereocenters. The Morgan fingerprint density at radius 2 is 2.09 bits per heavy atom. The average Bonchev–Trinajstić information content (AvgIpc) is 2.46. The van der Waals surface area contributed by atoms with Crippen LogP contribution in [-0.4, -0.2) is 11.7 Å². The number of rotatable bonds is 4. The average molecular weight is 318 g/mol. The molecule has 4 nitrogen and oxygen atoms in total. The van der Waals surface area contributed by atoms with E-state index in [1.807, 2.05) is 26.0 Å². The molecule has 2 N–H and O–H groups in total. The SMILES string of the molecule is Cc1ccc2c(CSC(N)=NCC(C)C)cc(=O)oc2c1C. The highest BCUT2D eigenvalue weighted by Gasteiger charge is 2.10. The second-order valence-electron chi connectivity index (χ2n) is 5.84. The van der Waals surface area contributed by atoms with Crippen molar-refractivity contribution >= 4 is 27.9 Å². The summed E-state index contributed by atoms with van der Waals surface area (Å²) in [7, 11) is 0. The number of hydrogen-bond acceptors (Lipinski definition) is 4. The van der Waals surface area contributed by atoms with Gasteiger partial charge in [-0.1, -0.05) is 37.7 Å². The number of aliphatic imine (C=N–C) groups is 1. The third-order valence-electron chi connectivity index (χ3n) is 3.51. The quantitative estimate of drug-likeness (QED) is 0.531. The van der Waals surface area contributed by atoms with Gasteiger partial charge in [-0.25, -0.2) is 4.79 Å². The maximum Gasteiger partial charge on any atom is 0.336 e. The minimum Gasteiger partial charge on any atom is -0.422 e. The van der Waals surface area contributed by atoms with E-state index in [1.165, 1.54) is 11.8 Å². The van der Waals surface area contributed by atoms with Gasteiger partial charge in [0.25, 0.3) is 0 Å². The van der Waals surface area contributed by atoms with Crippen molar-refractivity contribution in [3.05, 3.63) is 45.3 Å². The van der Waals surface area contributed by atoms with Crippen molar-refractivity contribution in [2.45, 2.75) is 33.4 Å². The molecule has 5 heteroatoms. The van der Waals surface area contributed by atoms with Crippen LogP contribution in [0.25, 0.3) is 11.0 Å². The lowest BCUT2D eigenvalue weighted by molar-refractivity contribution is 0.557. The Morgan fingerprint density at radius 3 is 2.77 bits per heavy atom. The van der Waals surface area contributed by atoms with E-state index < -0.39 is 0 Å². The van der Waals surface area contributed by atoms with Gasteiger partial charge in [-0.2, -0.15) is 0 Å². The van der Waals surface area contributed by atoms with Crippen molar-refractivity contribution in [1.82, 2.24) is 0 Å². The molecule has 0 aliphatic carbocycles. The van der Waals surface area contributed by atoms with Crippen LogP contribution in [-0.2, 0) is 5.75 Å². The van der Waals surface area contributed by atoms with Crippen molar-refractivity contribution < 1.29 is 4.42 Å². The third-order valence-corrected chi connectivity index (χ3v) is 4.39. The summed E-state index contributed by atoms with van der Waals surface area (Å²) in [5.41, 5.74) is 9.31. The van der Waals surface area contributed by atoms with Gasteiger partial charge in [0.2, 0.25) is 0 Å². The maximum absolute atomic E-state index is 11.8. The highest BCUT2D eigenvalue weighted by Crippen LogP contribution is 2.25. The van der Waals surface area contributed by atoms with Crippen molar-refractivity contribution in [2.24, 2.45) is 16.6 Å². The van der Waals surface area contributed by atoms with Crippen LogP contribution in [0.3, 0.4) is 0 Å². The fourth-order valence-corrected chi connectivity index (χ4v) is 2.82. The van der Waals surface area contributed by atoms with Crippen molar-refractivity contribution in [3.63, 3.8) is 0 Å². The van der Waals surface area contributed by atoms with Crippen LogP contribution in [0, 0.1) is 19.8 Å². The van der Waals surface area contributed by atoms with Crippen molar-refractivity contribution in [1.29, 1.82) is 0 Å². The molecule has 2 aromatic rings. The van der Waals surface area contributed by atoms with E-state index in [2.05, 4.69) is 18.8 Å². The number of thioether (sulfide) groups is 1.